The molecule has 0 aromatic heterocycles. The molecule has 0 saturated carbocycles. The quantitative estimate of drug-likeness (QED) is 0.632. The monoisotopic (exact) mass is 250 g/mol. The van der Waals surface area contributed by atoms with E-state index in [0.29, 0.717) is 17.9 Å². The molecule has 2 rings (SSSR count). The zero-order chi connectivity index (χ0) is 13.0. The number of esters is 1. The average molecular weight is 250 g/mol. The molecule has 2 N–H and O–H groups in total. The highest BCUT2D eigenvalue weighted by Gasteiger charge is 2.20. The summed E-state index contributed by atoms with van der Waals surface area (Å²) in [7, 11) is 1.38. The number of ether oxygens (including phenoxy) is 2. The Balaban J connectivity index is 2.37. The number of para-hydroxylation sites is 1. The summed E-state index contributed by atoms with van der Waals surface area (Å²) >= 11 is 0. The molecule has 18 heavy (non-hydrogen) atoms. The first-order valence-corrected chi connectivity index (χ1v) is 6.03. The first-order chi connectivity index (χ1) is 8.74. The minimum atomic E-state index is -0.359. The van der Waals surface area contributed by atoms with Crippen LogP contribution >= 0.6 is 0 Å². The predicted octanol–water partition coefficient (Wildman–Crippen LogP) is 1.28. The van der Waals surface area contributed by atoms with E-state index < -0.39 is 0 Å². The van der Waals surface area contributed by atoms with Gasteiger partial charge in [-0.25, -0.2) is 4.79 Å². The van der Waals surface area contributed by atoms with Crippen LogP contribution in [0.5, 0.6) is 0 Å². The first kappa shape index (κ1) is 12.7. The Morgan fingerprint density at radius 2 is 2.22 bits per heavy atom. The highest BCUT2D eigenvalue weighted by atomic mass is 16.5. The van der Waals surface area contributed by atoms with Crippen LogP contribution in [0, 0.1) is 0 Å². The van der Waals surface area contributed by atoms with Crippen LogP contribution in [0.15, 0.2) is 18.2 Å². The number of carbonyl (C=O) groups is 1. The molecule has 0 radical (unpaired) electrons. The normalized spacial score (nSPS) is 16.2. The van der Waals surface area contributed by atoms with E-state index in [1.54, 1.807) is 18.2 Å². The Hall–Kier alpha value is -1.75. The molecule has 0 amide bonds. The number of nitrogens with two attached hydrogens (primary N) is 1. The first-order valence-electron chi connectivity index (χ1n) is 6.03. The van der Waals surface area contributed by atoms with Gasteiger partial charge in [-0.05, 0) is 18.6 Å². The summed E-state index contributed by atoms with van der Waals surface area (Å²) in [6.07, 6.45) is 0.926. The van der Waals surface area contributed by atoms with Crippen molar-refractivity contribution in [3.63, 3.8) is 0 Å². The maximum atomic E-state index is 11.8. The molecule has 1 aromatic rings. The van der Waals surface area contributed by atoms with E-state index in [2.05, 4.69) is 4.90 Å². The third-order valence-electron chi connectivity index (χ3n) is 3.01. The highest BCUT2D eigenvalue weighted by Crippen LogP contribution is 2.29. The molecule has 0 bridgehead atoms. The van der Waals surface area contributed by atoms with E-state index in [4.69, 9.17) is 15.2 Å². The number of anilines is 2. The summed E-state index contributed by atoms with van der Waals surface area (Å²) in [5.74, 6) is -0.359. The molecule has 5 nitrogen and oxygen atoms in total. The van der Waals surface area contributed by atoms with E-state index >= 15 is 0 Å². The smallest absolute Gasteiger partial charge is 0.340 e. The largest absolute Gasteiger partial charge is 0.465 e. The minimum absolute atomic E-state index is 0.359. The van der Waals surface area contributed by atoms with Crippen molar-refractivity contribution in [1.29, 1.82) is 0 Å². The molecule has 0 atom stereocenters. The molecule has 1 aliphatic rings. The van der Waals surface area contributed by atoms with Gasteiger partial charge in [-0.2, -0.15) is 0 Å². The Labute approximate surface area is 106 Å². The molecule has 1 aromatic carbocycles. The second-order valence-electron chi connectivity index (χ2n) is 4.19. The number of methoxy groups -OCH3 is 1. The number of hydrogen-bond acceptors (Lipinski definition) is 5. The maximum Gasteiger partial charge on any atom is 0.340 e. The molecule has 5 heteroatoms. The molecule has 0 aliphatic carbocycles. The summed E-state index contributed by atoms with van der Waals surface area (Å²) in [6.45, 7) is 2.96. The van der Waals surface area contributed by atoms with Gasteiger partial charge >= 0.3 is 5.97 Å². The van der Waals surface area contributed by atoms with Crippen molar-refractivity contribution >= 4 is 17.3 Å². The molecule has 0 spiro atoms. The van der Waals surface area contributed by atoms with Gasteiger partial charge in [0.25, 0.3) is 0 Å². The van der Waals surface area contributed by atoms with Crippen molar-refractivity contribution in [1.82, 2.24) is 0 Å². The Bertz CT molecular complexity index is 426. The SMILES string of the molecule is COC(=O)c1cccc(N)c1N1CCCOCC1. The average Bonchev–Trinajstić information content (AvgIpc) is 2.66. The lowest BCUT2D eigenvalue weighted by atomic mass is 10.1. The predicted molar refractivity (Wildman–Crippen MR) is 69.8 cm³/mol. The van der Waals surface area contributed by atoms with E-state index in [1.165, 1.54) is 7.11 Å². The van der Waals surface area contributed by atoms with E-state index in [1.807, 2.05) is 0 Å². The van der Waals surface area contributed by atoms with Crippen molar-refractivity contribution in [3.8, 4) is 0 Å². The van der Waals surface area contributed by atoms with Crippen LogP contribution in [0.4, 0.5) is 11.4 Å². The molecule has 1 aliphatic heterocycles. The molecule has 98 valence electrons. The summed E-state index contributed by atoms with van der Waals surface area (Å²) in [5, 5.41) is 0. The summed E-state index contributed by atoms with van der Waals surface area (Å²) in [6, 6.07) is 5.30. The van der Waals surface area contributed by atoms with Crippen molar-refractivity contribution in [2.45, 2.75) is 6.42 Å². The second-order valence-corrected chi connectivity index (χ2v) is 4.19. The zero-order valence-electron chi connectivity index (χ0n) is 10.5. The molecular formula is C13H18N2O3. The summed E-state index contributed by atoms with van der Waals surface area (Å²) < 4.78 is 10.2. The molecule has 0 unspecified atom stereocenters. The van der Waals surface area contributed by atoms with Crippen molar-refractivity contribution in [3.05, 3.63) is 23.8 Å². The van der Waals surface area contributed by atoms with Crippen LogP contribution in [-0.2, 0) is 9.47 Å². The number of rotatable bonds is 2. The lowest BCUT2D eigenvalue weighted by Gasteiger charge is -2.25. The van der Waals surface area contributed by atoms with Gasteiger partial charge in [0.1, 0.15) is 0 Å². The lowest BCUT2D eigenvalue weighted by molar-refractivity contribution is 0.0601. The second kappa shape index (κ2) is 5.73. The molecular weight excluding hydrogens is 232 g/mol. The molecule has 1 fully saturated rings. The summed E-state index contributed by atoms with van der Waals surface area (Å²) in [4.78, 5) is 13.9. The fraction of sp³-hybridized carbons (Fsp3) is 0.462. The number of carbonyl (C=O) groups excluding carboxylic acids is 1. The number of benzene rings is 1. The van der Waals surface area contributed by atoms with Crippen LogP contribution in [0.25, 0.3) is 0 Å². The van der Waals surface area contributed by atoms with Crippen molar-refractivity contribution < 1.29 is 14.3 Å². The van der Waals surface area contributed by atoms with Gasteiger partial charge in [0.05, 0.1) is 30.7 Å². The molecule has 1 saturated heterocycles. The van der Waals surface area contributed by atoms with Gasteiger partial charge < -0.3 is 20.1 Å². The topological polar surface area (TPSA) is 64.8 Å². The third kappa shape index (κ3) is 2.56. The van der Waals surface area contributed by atoms with Gasteiger partial charge in [-0.15, -0.1) is 0 Å². The van der Waals surface area contributed by atoms with Crippen molar-refractivity contribution in [2.24, 2.45) is 0 Å². The third-order valence-corrected chi connectivity index (χ3v) is 3.01. The fourth-order valence-corrected chi connectivity index (χ4v) is 2.16. The summed E-state index contributed by atoms with van der Waals surface area (Å²) in [5.41, 5.74) is 7.87. The Morgan fingerprint density at radius 1 is 1.39 bits per heavy atom. The maximum absolute atomic E-state index is 11.8. The van der Waals surface area contributed by atoms with E-state index in [0.717, 1.165) is 31.8 Å². The van der Waals surface area contributed by atoms with Crippen LogP contribution in [0.1, 0.15) is 16.8 Å². The van der Waals surface area contributed by atoms with Crippen LogP contribution in [0.3, 0.4) is 0 Å². The Kier molecular flexibility index (Phi) is 4.04. The number of hydrogen-bond donors (Lipinski definition) is 1. The minimum Gasteiger partial charge on any atom is -0.465 e. The van der Waals surface area contributed by atoms with Crippen LogP contribution in [0.2, 0.25) is 0 Å². The standard InChI is InChI=1S/C13H18N2O3/c1-17-13(16)10-4-2-5-11(14)12(10)15-6-3-8-18-9-7-15/h2,4-5H,3,6-9,14H2,1H3. The van der Waals surface area contributed by atoms with Crippen LogP contribution in [-0.4, -0.2) is 39.4 Å². The van der Waals surface area contributed by atoms with E-state index in [9.17, 15) is 4.79 Å². The van der Waals surface area contributed by atoms with Crippen LogP contribution < -0.4 is 10.6 Å². The van der Waals surface area contributed by atoms with Gasteiger partial charge in [0, 0.05) is 19.7 Å². The van der Waals surface area contributed by atoms with E-state index in [-0.39, 0.29) is 5.97 Å². The highest BCUT2D eigenvalue weighted by molar-refractivity contribution is 5.99. The molecule has 1 heterocycles. The Morgan fingerprint density at radius 3 is 3.00 bits per heavy atom. The van der Waals surface area contributed by atoms with Gasteiger partial charge in [0.2, 0.25) is 0 Å². The zero-order valence-corrected chi connectivity index (χ0v) is 10.5. The lowest BCUT2D eigenvalue weighted by Crippen LogP contribution is -2.28. The number of nitrogens with zero attached hydrogens (tertiary/aromatic N) is 1. The van der Waals surface area contributed by atoms with Crippen molar-refractivity contribution in [2.75, 3.05) is 44.0 Å². The fourth-order valence-electron chi connectivity index (χ4n) is 2.16. The van der Waals surface area contributed by atoms with Gasteiger partial charge in [-0.1, -0.05) is 6.07 Å². The number of nitrogen functional groups attached to an aromatic ring is 1. The van der Waals surface area contributed by atoms with Gasteiger partial charge in [-0.3, -0.25) is 0 Å². The van der Waals surface area contributed by atoms with Gasteiger partial charge in [0.15, 0.2) is 0 Å².